The minimum Gasteiger partial charge on any atom is -0.485 e. The van der Waals surface area contributed by atoms with Gasteiger partial charge in [0.25, 0.3) is 0 Å². The van der Waals surface area contributed by atoms with Crippen LogP contribution in [0.1, 0.15) is 51.8 Å². The third-order valence-corrected chi connectivity index (χ3v) is 7.21. The molecule has 2 aromatic carbocycles. The Morgan fingerprint density at radius 3 is 2.34 bits per heavy atom. The molecule has 1 aliphatic rings. The maximum absolute atomic E-state index is 13.4. The number of carbonyl (C=O) groups is 1. The lowest BCUT2D eigenvalue weighted by Crippen LogP contribution is -2.55. The second kappa shape index (κ2) is 9.70. The number of aliphatic hydroxyl groups is 1. The molecule has 0 radical (unpaired) electrons. The number of anilines is 1. The fourth-order valence-corrected chi connectivity index (χ4v) is 4.53. The first-order valence-electron chi connectivity index (χ1n) is 11.6. The second-order valence-electron chi connectivity index (χ2n) is 10.5. The molecule has 0 saturated heterocycles. The van der Waals surface area contributed by atoms with Crippen LogP contribution in [-0.2, 0) is 21.2 Å². The zero-order valence-corrected chi connectivity index (χ0v) is 22.3. The fraction of sp³-hybridized carbons (Fsp3) is 0.500. The van der Waals surface area contributed by atoms with Gasteiger partial charge in [-0.3, -0.25) is 9.21 Å². The molecule has 2 atom stereocenters. The first-order chi connectivity index (χ1) is 16.1. The smallest absolute Gasteiger partial charge is 0.410 e. The van der Waals surface area contributed by atoms with Gasteiger partial charge in [-0.15, -0.1) is 0 Å². The van der Waals surface area contributed by atoms with Crippen molar-refractivity contribution >= 4 is 21.8 Å². The van der Waals surface area contributed by atoms with Crippen LogP contribution >= 0.6 is 0 Å². The normalized spacial score (nSPS) is 19.3. The molecule has 0 aromatic heterocycles. The van der Waals surface area contributed by atoms with E-state index in [9.17, 15) is 18.3 Å². The van der Waals surface area contributed by atoms with Gasteiger partial charge in [-0.1, -0.05) is 36.4 Å². The highest BCUT2D eigenvalue weighted by molar-refractivity contribution is 7.92. The van der Waals surface area contributed by atoms with E-state index < -0.39 is 39.5 Å². The van der Waals surface area contributed by atoms with E-state index in [1.807, 2.05) is 30.3 Å². The number of ether oxygens (including phenoxy) is 2. The van der Waals surface area contributed by atoms with Gasteiger partial charge in [-0.05, 0) is 52.7 Å². The Labute approximate surface area is 208 Å². The molecule has 0 spiro atoms. The minimum absolute atomic E-state index is 0.307. The lowest BCUT2D eigenvalue weighted by molar-refractivity contribution is -0.0937. The molecule has 1 aliphatic heterocycles. The molecule has 8 nitrogen and oxygen atoms in total. The van der Waals surface area contributed by atoms with Crippen molar-refractivity contribution in [3.05, 3.63) is 59.7 Å². The SMILES string of the molecule is CN(c1ccc2c(c1)OC(C)(C)[C@H](O)[C@H]2N(CCc1ccccc1)C(=O)OC(C)(C)C)S(C)(=O)=O. The maximum Gasteiger partial charge on any atom is 0.410 e. The van der Waals surface area contributed by atoms with Gasteiger partial charge in [0.05, 0.1) is 18.0 Å². The summed E-state index contributed by atoms with van der Waals surface area (Å²) >= 11 is 0. The van der Waals surface area contributed by atoms with Crippen LogP contribution < -0.4 is 9.04 Å². The number of rotatable bonds is 6. The predicted molar refractivity (Wildman–Crippen MR) is 136 cm³/mol. The molecular formula is C26H36N2O6S. The van der Waals surface area contributed by atoms with E-state index in [4.69, 9.17) is 9.47 Å². The van der Waals surface area contributed by atoms with Crippen molar-refractivity contribution in [3.63, 3.8) is 0 Å². The molecule has 192 valence electrons. The zero-order valence-electron chi connectivity index (χ0n) is 21.5. The van der Waals surface area contributed by atoms with Gasteiger partial charge < -0.3 is 14.6 Å². The maximum atomic E-state index is 13.4. The van der Waals surface area contributed by atoms with Crippen molar-refractivity contribution in [1.29, 1.82) is 0 Å². The summed E-state index contributed by atoms with van der Waals surface area (Å²) in [5.41, 5.74) is 0.282. The Hall–Kier alpha value is -2.78. The first kappa shape index (κ1) is 26.8. The molecule has 0 saturated carbocycles. The molecule has 9 heteroatoms. The summed E-state index contributed by atoms with van der Waals surface area (Å²) in [6, 6.07) is 14.0. The van der Waals surface area contributed by atoms with Gasteiger partial charge >= 0.3 is 6.09 Å². The second-order valence-corrected chi connectivity index (χ2v) is 12.5. The Morgan fingerprint density at radius 1 is 1.14 bits per heavy atom. The van der Waals surface area contributed by atoms with Crippen molar-refractivity contribution in [2.45, 2.75) is 64.4 Å². The fourth-order valence-electron chi connectivity index (χ4n) is 4.03. The molecule has 35 heavy (non-hydrogen) atoms. The van der Waals surface area contributed by atoms with E-state index in [-0.39, 0.29) is 0 Å². The highest BCUT2D eigenvalue weighted by Crippen LogP contribution is 2.45. The van der Waals surface area contributed by atoms with Gasteiger partial charge in [0.2, 0.25) is 10.0 Å². The average molecular weight is 505 g/mol. The Morgan fingerprint density at radius 2 is 1.77 bits per heavy atom. The molecule has 0 bridgehead atoms. The number of hydrogen-bond donors (Lipinski definition) is 1. The number of fused-ring (bicyclic) bond motifs is 1. The van der Waals surface area contributed by atoms with E-state index in [1.54, 1.807) is 57.7 Å². The van der Waals surface area contributed by atoms with Crippen molar-refractivity contribution in [3.8, 4) is 5.75 Å². The third-order valence-electron chi connectivity index (χ3n) is 6.01. The van der Waals surface area contributed by atoms with E-state index in [0.717, 1.165) is 16.1 Å². The third kappa shape index (κ3) is 6.27. The van der Waals surface area contributed by atoms with E-state index in [2.05, 4.69) is 0 Å². The summed E-state index contributed by atoms with van der Waals surface area (Å²) in [7, 11) is -2.02. The summed E-state index contributed by atoms with van der Waals surface area (Å²) < 4.78 is 37.1. The molecule has 0 unspecified atom stereocenters. The summed E-state index contributed by atoms with van der Waals surface area (Å²) in [6.07, 6.45) is 0.0853. The van der Waals surface area contributed by atoms with E-state index >= 15 is 0 Å². The Balaban J connectivity index is 2.07. The lowest BCUT2D eigenvalue weighted by atomic mass is 9.85. The van der Waals surface area contributed by atoms with Gasteiger partial charge in [0.1, 0.15) is 23.1 Å². The highest BCUT2D eigenvalue weighted by atomic mass is 32.2. The van der Waals surface area contributed by atoms with Gasteiger partial charge in [-0.2, -0.15) is 0 Å². The number of hydrogen-bond acceptors (Lipinski definition) is 6. The number of amides is 1. The lowest BCUT2D eigenvalue weighted by Gasteiger charge is -2.46. The predicted octanol–water partition coefficient (Wildman–Crippen LogP) is 4.14. The summed E-state index contributed by atoms with van der Waals surface area (Å²) in [6.45, 7) is 9.18. The summed E-state index contributed by atoms with van der Waals surface area (Å²) in [5, 5.41) is 11.4. The highest BCUT2D eigenvalue weighted by Gasteiger charge is 2.47. The van der Waals surface area contributed by atoms with Crippen molar-refractivity contribution < 1.29 is 27.8 Å². The Bertz CT molecular complexity index is 1160. The van der Waals surface area contributed by atoms with Gasteiger partial charge in [-0.25, -0.2) is 13.2 Å². The standard InChI is InChI=1S/C26H36N2O6S/c1-25(2,3)34-24(30)28(16-15-18-11-9-8-10-12-18)22-20-14-13-19(27(6)35(7,31)32)17-21(20)33-26(4,5)23(22)29/h8-14,17,22-23,29H,15-16H2,1-7H3/t22-,23+/m0/s1. The monoisotopic (exact) mass is 504 g/mol. The number of aliphatic hydroxyl groups excluding tert-OH is 1. The topological polar surface area (TPSA) is 96.4 Å². The molecular weight excluding hydrogens is 468 g/mol. The number of nitrogens with zero attached hydrogens (tertiary/aromatic N) is 2. The van der Waals surface area contributed by atoms with Crippen molar-refractivity contribution in [2.24, 2.45) is 0 Å². The van der Waals surface area contributed by atoms with Crippen molar-refractivity contribution in [2.75, 3.05) is 24.2 Å². The largest absolute Gasteiger partial charge is 0.485 e. The van der Waals surface area contributed by atoms with Crippen LogP contribution in [0.3, 0.4) is 0 Å². The van der Waals surface area contributed by atoms with Crippen LogP contribution in [-0.4, -0.2) is 61.7 Å². The van der Waals surface area contributed by atoms with Crippen LogP contribution in [0.4, 0.5) is 10.5 Å². The van der Waals surface area contributed by atoms with Gasteiger partial charge in [0, 0.05) is 25.2 Å². The van der Waals surface area contributed by atoms with E-state index in [0.29, 0.717) is 30.0 Å². The molecule has 1 amide bonds. The van der Waals surface area contributed by atoms with Crippen LogP contribution in [0, 0.1) is 0 Å². The molecule has 1 heterocycles. The first-order valence-corrected chi connectivity index (χ1v) is 13.4. The van der Waals surface area contributed by atoms with Crippen LogP contribution in [0.2, 0.25) is 0 Å². The molecule has 2 aromatic rings. The minimum atomic E-state index is -3.48. The molecule has 0 aliphatic carbocycles. The molecule has 3 rings (SSSR count). The zero-order chi connectivity index (χ0) is 26.2. The summed E-state index contributed by atoms with van der Waals surface area (Å²) in [4.78, 5) is 15.0. The number of carbonyl (C=O) groups excluding carboxylic acids is 1. The van der Waals surface area contributed by atoms with Crippen LogP contribution in [0.15, 0.2) is 48.5 Å². The molecule has 1 N–H and O–H groups in total. The number of sulfonamides is 1. The van der Waals surface area contributed by atoms with Gasteiger partial charge in [0.15, 0.2) is 0 Å². The summed E-state index contributed by atoms with van der Waals surface area (Å²) in [5.74, 6) is 0.409. The van der Waals surface area contributed by atoms with Crippen LogP contribution in [0.5, 0.6) is 5.75 Å². The Kier molecular flexibility index (Phi) is 7.43. The number of benzene rings is 2. The van der Waals surface area contributed by atoms with Crippen molar-refractivity contribution in [1.82, 2.24) is 4.90 Å². The van der Waals surface area contributed by atoms with Crippen LogP contribution in [0.25, 0.3) is 0 Å². The quantitative estimate of drug-likeness (QED) is 0.635. The molecule has 0 fully saturated rings. The average Bonchev–Trinajstić information content (AvgIpc) is 2.74. The van der Waals surface area contributed by atoms with E-state index in [1.165, 1.54) is 7.05 Å².